The molecule has 2 atom stereocenters. The summed E-state index contributed by atoms with van der Waals surface area (Å²) in [5.74, 6) is 0. The van der Waals surface area contributed by atoms with Crippen LogP contribution in [-0.4, -0.2) is 9.79 Å². The van der Waals surface area contributed by atoms with E-state index in [1.165, 1.54) is 0 Å². The van der Waals surface area contributed by atoms with Crippen LogP contribution in [0, 0.1) is 0 Å². The lowest BCUT2D eigenvalue weighted by Gasteiger charge is -1.99. The quantitative estimate of drug-likeness (QED) is 0.625. The molecule has 56 valence electrons. The Bertz CT molecular complexity index is 153. The molecule has 0 saturated carbocycles. The maximum Gasteiger partial charge on any atom is 0.519 e. The fraction of sp³-hybridized carbons (Fsp3) is 0. The number of hydrogen-bond donors (Lipinski definition) is 2. The van der Waals surface area contributed by atoms with E-state index in [9.17, 15) is 17.5 Å². The maximum absolute atomic E-state index is 11.2. The van der Waals surface area contributed by atoms with Crippen LogP contribution in [0.25, 0.3) is 0 Å². The van der Waals surface area contributed by atoms with Gasteiger partial charge in [0.15, 0.2) is 0 Å². The molecule has 0 aromatic heterocycles. The average Bonchev–Trinajstić information content (AvgIpc) is 1.14. The molecule has 0 aliphatic heterocycles. The van der Waals surface area contributed by atoms with Crippen molar-refractivity contribution >= 4 is 15.8 Å². The predicted octanol–water partition coefficient (Wildman–Crippen LogP) is 1.14. The van der Waals surface area contributed by atoms with E-state index in [2.05, 4.69) is 4.31 Å². The van der Waals surface area contributed by atoms with Crippen molar-refractivity contribution in [3.63, 3.8) is 0 Å². The van der Waals surface area contributed by atoms with E-state index in [1.54, 1.807) is 0 Å². The molecule has 9 heavy (non-hydrogen) atoms. The standard InChI is InChI=1S/F2H2O5P2/c1-8(3,4)7-9(2,5)6/h(H,3,4)(H,5,6). The topological polar surface area (TPSA) is 83.8 Å². The highest BCUT2D eigenvalue weighted by molar-refractivity contribution is 7.60. The van der Waals surface area contributed by atoms with E-state index >= 15 is 0 Å². The first kappa shape index (κ1) is 9.20. The molecule has 0 aliphatic rings. The van der Waals surface area contributed by atoms with Gasteiger partial charge in [-0.2, -0.15) is 4.31 Å². The van der Waals surface area contributed by atoms with Gasteiger partial charge in [0, 0.05) is 0 Å². The van der Waals surface area contributed by atoms with Crippen molar-refractivity contribution in [2.24, 2.45) is 0 Å². The van der Waals surface area contributed by atoms with E-state index in [-0.39, 0.29) is 0 Å². The van der Waals surface area contributed by atoms with Crippen LogP contribution in [0.2, 0.25) is 0 Å². The normalized spacial score (nSPS) is 24.4. The summed E-state index contributed by atoms with van der Waals surface area (Å²) in [5, 5.41) is 0. The highest BCUT2D eigenvalue weighted by Gasteiger charge is 2.32. The Kier molecular flexibility index (Phi) is 2.49. The highest BCUT2D eigenvalue weighted by atomic mass is 31.3. The van der Waals surface area contributed by atoms with Crippen LogP contribution in [0.5, 0.6) is 0 Å². The minimum Gasteiger partial charge on any atom is -0.299 e. The van der Waals surface area contributed by atoms with E-state index in [1.807, 2.05) is 0 Å². The zero-order chi connectivity index (χ0) is 7.71. The summed E-state index contributed by atoms with van der Waals surface area (Å²) in [6.45, 7) is 0. The Hall–Kier alpha value is 0.200. The molecule has 0 radical (unpaired) electrons. The molecule has 0 aromatic carbocycles. The monoisotopic (exact) mass is 182 g/mol. The van der Waals surface area contributed by atoms with Crippen LogP contribution in [0.1, 0.15) is 0 Å². The second-order valence-electron chi connectivity index (χ2n) is 0.985. The van der Waals surface area contributed by atoms with Crippen LogP contribution in [-0.2, 0) is 13.4 Å². The van der Waals surface area contributed by atoms with E-state index in [0.717, 1.165) is 0 Å². The fourth-order valence-corrected chi connectivity index (χ4v) is 1.12. The Labute approximate surface area is 48.6 Å². The van der Waals surface area contributed by atoms with Crippen molar-refractivity contribution < 1.29 is 31.6 Å². The van der Waals surface area contributed by atoms with Gasteiger partial charge in [-0.05, 0) is 0 Å². The van der Waals surface area contributed by atoms with Crippen molar-refractivity contribution in [3.05, 3.63) is 0 Å². The van der Waals surface area contributed by atoms with Crippen LogP contribution in [0.4, 0.5) is 8.39 Å². The lowest BCUT2D eigenvalue weighted by molar-refractivity contribution is 0.274. The lowest BCUT2D eigenvalue weighted by atomic mass is 15.8. The molecule has 0 rings (SSSR count). The summed E-state index contributed by atoms with van der Waals surface area (Å²) in [6.07, 6.45) is 0. The minimum absolute atomic E-state index is 2.51. The van der Waals surface area contributed by atoms with Crippen LogP contribution in [0.3, 0.4) is 0 Å². The minimum atomic E-state index is -5.68. The van der Waals surface area contributed by atoms with E-state index in [0.29, 0.717) is 0 Å². The summed E-state index contributed by atoms with van der Waals surface area (Å²) in [5.41, 5.74) is 0. The third-order valence-electron chi connectivity index (χ3n) is 0.201. The van der Waals surface area contributed by atoms with Crippen LogP contribution < -0.4 is 0 Å². The van der Waals surface area contributed by atoms with Gasteiger partial charge in [-0.1, -0.05) is 0 Å². The second kappa shape index (κ2) is 2.44. The Balaban J connectivity index is 4.07. The van der Waals surface area contributed by atoms with Crippen molar-refractivity contribution in [2.45, 2.75) is 0 Å². The molecule has 0 bridgehead atoms. The molecule has 0 spiro atoms. The lowest BCUT2D eigenvalue weighted by Crippen LogP contribution is -1.76. The van der Waals surface area contributed by atoms with E-state index < -0.39 is 15.8 Å². The molecule has 0 heterocycles. The first-order valence-corrected chi connectivity index (χ1v) is 4.41. The molecule has 5 nitrogen and oxygen atoms in total. The third-order valence-corrected chi connectivity index (χ3v) is 1.81. The van der Waals surface area contributed by atoms with Gasteiger partial charge in [0.05, 0.1) is 0 Å². The average molecular weight is 182 g/mol. The summed E-state index contributed by atoms with van der Waals surface area (Å²) in [6, 6.07) is 0. The summed E-state index contributed by atoms with van der Waals surface area (Å²) in [4.78, 5) is 14.9. The zero-order valence-electron chi connectivity index (χ0n) is 3.77. The first-order chi connectivity index (χ1) is 3.71. The summed E-state index contributed by atoms with van der Waals surface area (Å²) in [7, 11) is -11.4. The van der Waals surface area contributed by atoms with Gasteiger partial charge < -0.3 is 0 Å². The Morgan fingerprint density at radius 2 is 1.33 bits per heavy atom. The largest absolute Gasteiger partial charge is 0.519 e. The maximum atomic E-state index is 11.2. The molecule has 0 amide bonds. The van der Waals surface area contributed by atoms with Crippen molar-refractivity contribution in [2.75, 3.05) is 0 Å². The van der Waals surface area contributed by atoms with Crippen LogP contribution >= 0.6 is 15.8 Å². The number of halogens is 2. The number of rotatable bonds is 2. The van der Waals surface area contributed by atoms with Gasteiger partial charge in [0.2, 0.25) is 0 Å². The molecule has 2 unspecified atom stereocenters. The van der Waals surface area contributed by atoms with Crippen molar-refractivity contribution in [1.29, 1.82) is 0 Å². The SMILES string of the molecule is O=P(O)(F)OP(=O)(O)F. The van der Waals surface area contributed by atoms with Crippen molar-refractivity contribution in [3.8, 4) is 0 Å². The van der Waals surface area contributed by atoms with Crippen LogP contribution in [0.15, 0.2) is 0 Å². The zero-order valence-corrected chi connectivity index (χ0v) is 5.56. The molecule has 0 aliphatic carbocycles. The molecule has 9 heteroatoms. The first-order valence-electron chi connectivity index (χ1n) is 1.47. The molecule has 0 aromatic rings. The predicted molar refractivity (Wildman–Crippen MR) is 23.0 cm³/mol. The Morgan fingerprint density at radius 1 is 1.11 bits per heavy atom. The summed E-state index contributed by atoms with van der Waals surface area (Å²) >= 11 is 0. The van der Waals surface area contributed by atoms with E-state index in [4.69, 9.17) is 9.79 Å². The van der Waals surface area contributed by atoms with Gasteiger partial charge >= 0.3 is 15.8 Å². The van der Waals surface area contributed by atoms with Gasteiger partial charge in [-0.3, -0.25) is 9.79 Å². The molecule has 0 fully saturated rings. The molecular formula is H2F2O5P2. The summed E-state index contributed by atoms with van der Waals surface area (Å²) < 4.78 is 43.6. The smallest absolute Gasteiger partial charge is 0.299 e. The number of hydrogen-bond acceptors (Lipinski definition) is 3. The van der Waals surface area contributed by atoms with Crippen molar-refractivity contribution in [1.82, 2.24) is 0 Å². The second-order valence-corrected chi connectivity index (χ2v) is 3.44. The third kappa shape index (κ3) is 8.20. The van der Waals surface area contributed by atoms with Gasteiger partial charge in [-0.25, -0.2) is 9.13 Å². The molecule has 2 N–H and O–H groups in total. The molecule has 0 saturated heterocycles. The van der Waals surface area contributed by atoms with Gasteiger partial charge in [0.1, 0.15) is 0 Å². The Morgan fingerprint density at radius 3 is 1.33 bits per heavy atom. The van der Waals surface area contributed by atoms with Gasteiger partial charge in [0.25, 0.3) is 0 Å². The molecular weight excluding hydrogens is 180 g/mol. The highest BCUT2D eigenvalue weighted by Crippen LogP contribution is 2.60. The van der Waals surface area contributed by atoms with Gasteiger partial charge in [-0.15, -0.1) is 8.39 Å². The fourth-order valence-electron chi connectivity index (χ4n) is 0.124.